The zero-order chi connectivity index (χ0) is 25.3. The first-order valence-corrected chi connectivity index (χ1v) is 14.9. The van der Waals surface area contributed by atoms with E-state index in [4.69, 9.17) is 9.47 Å². The molecular weight excluding hydrogens is 424 g/mol. The summed E-state index contributed by atoms with van der Waals surface area (Å²) in [5.74, 6) is 0.817. The summed E-state index contributed by atoms with van der Waals surface area (Å²) in [4.78, 5) is 24.6. The first kappa shape index (κ1) is 32.9. The molecule has 0 aliphatic rings. The van der Waals surface area contributed by atoms with Gasteiger partial charge in [-0.1, -0.05) is 105 Å². The largest absolute Gasteiger partial charge is 0.466 e. The van der Waals surface area contributed by atoms with Crippen molar-refractivity contribution in [2.24, 2.45) is 11.8 Å². The van der Waals surface area contributed by atoms with Crippen LogP contribution in [-0.2, 0) is 19.1 Å². The van der Waals surface area contributed by atoms with Crippen LogP contribution in [0.25, 0.3) is 0 Å². The molecule has 34 heavy (non-hydrogen) atoms. The van der Waals surface area contributed by atoms with E-state index in [-0.39, 0.29) is 11.9 Å². The standard InChI is InChI=1S/C30H58O4/c1-5-9-13-19-27(20-14-10-6-2)25-29(31)33-23-17-18-24-34-30(32)26-28(21-15-11-7-3)22-16-12-8-4/h27-28H,5-26H2,1-4H3. The van der Waals surface area contributed by atoms with Crippen LogP contribution in [-0.4, -0.2) is 25.2 Å². The van der Waals surface area contributed by atoms with Gasteiger partial charge in [-0.3, -0.25) is 9.59 Å². The second kappa shape index (κ2) is 25.0. The fourth-order valence-corrected chi connectivity index (χ4v) is 4.59. The van der Waals surface area contributed by atoms with Crippen molar-refractivity contribution in [2.45, 2.75) is 156 Å². The van der Waals surface area contributed by atoms with Gasteiger partial charge in [-0.05, 0) is 50.4 Å². The third-order valence-corrected chi connectivity index (χ3v) is 6.84. The second-order valence-corrected chi connectivity index (χ2v) is 10.3. The van der Waals surface area contributed by atoms with Gasteiger partial charge in [-0.25, -0.2) is 0 Å². The maximum Gasteiger partial charge on any atom is 0.306 e. The van der Waals surface area contributed by atoms with E-state index in [0.29, 0.717) is 37.9 Å². The minimum Gasteiger partial charge on any atom is -0.466 e. The highest BCUT2D eigenvalue weighted by molar-refractivity contribution is 5.70. The Kier molecular flexibility index (Phi) is 24.3. The van der Waals surface area contributed by atoms with E-state index in [1.54, 1.807) is 0 Å². The number of hydrogen-bond donors (Lipinski definition) is 0. The Hall–Kier alpha value is -1.06. The van der Waals surface area contributed by atoms with Crippen LogP contribution in [0.4, 0.5) is 0 Å². The summed E-state index contributed by atoms with van der Waals surface area (Å²) in [5.41, 5.74) is 0. The van der Waals surface area contributed by atoms with E-state index in [1.807, 2.05) is 0 Å². The molecule has 0 amide bonds. The molecule has 0 unspecified atom stereocenters. The van der Waals surface area contributed by atoms with Crippen LogP contribution in [0.2, 0.25) is 0 Å². The van der Waals surface area contributed by atoms with Crippen LogP contribution in [0.15, 0.2) is 0 Å². The van der Waals surface area contributed by atoms with Gasteiger partial charge in [0.15, 0.2) is 0 Å². The summed E-state index contributed by atoms with van der Waals surface area (Å²) in [7, 11) is 0. The summed E-state index contributed by atoms with van der Waals surface area (Å²) in [6.45, 7) is 9.75. The average Bonchev–Trinajstić information content (AvgIpc) is 2.81. The van der Waals surface area contributed by atoms with E-state index in [1.165, 1.54) is 77.0 Å². The third-order valence-electron chi connectivity index (χ3n) is 6.84. The Bertz CT molecular complexity index is 401. The van der Waals surface area contributed by atoms with E-state index < -0.39 is 0 Å². The normalized spacial score (nSPS) is 11.4. The van der Waals surface area contributed by atoms with Crippen molar-refractivity contribution >= 4 is 11.9 Å². The molecule has 0 N–H and O–H groups in total. The lowest BCUT2D eigenvalue weighted by Crippen LogP contribution is -2.14. The number of rotatable bonds is 25. The summed E-state index contributed by atoms with van der Waals surface area (Å²) in [5, 5.41) is 0. The third kappa shape index (κ3) is 21.5. The molecule has 0 fully saturated rings. The van der Waals surface area contributed by atoms with Crippen molar-refractivity contribution in [3.8, 4) is 0 Å². The summed E-state index contributed by atoms with van der Waals surface area (Å²) < 4.78 is 11.0. The molecule has 0 atom stereocenters. The Labute approximate surface area is 212 Å². The van der Waals surface area contributed by atoms with Crippen LogP contribution in [0.5, 0.6) is 0 Å². The molecule has 0 rings (SSSR count). The van der Waals surface area contributed by atoms with E-state index in [2.05, 4.69) is 27.7 Å². The minimum atomic E-state index is -0.0583. The summed E-state index contributed by atoms with van der Waals surface area (Å²) >= 11 is 0. The van der Waals surface area contributed by atoms with Crippen LogP contribution in [0.1, 0.15) is 156 Å². The Balaban J connectivity index is 4.04. The van der Waals surface area contributed by atoms with Crippen molar-refractivity contribution in [1.29, 1.82) is 0 Å². The van der Waals surface area contributed by atoms with Crippen molar-refractivity contribution in [3.63, 3.8) is 0 Å². The van der Waals surface area contributed by atoms with Crippen LogP contribution >= 0.6 is 0 Å². The summed E-state index contributed by atoms with van der Waals surface area (Å²) in [6, 6.07) is 0. The van der Waals surface area contributed by atoms with E-state index >= 15 is 0 Å². The monoisotopic (exact) mass is 482 g/mol. The molecule has 0 saturated heterocycles. The zero-order valence-corrected chi connectivity index (χ0v) is 23.3. The van der Waals surface area contributed by atoms with Gasteiger partial charge in [0.2, 0.25) is 0 Å². The Morgan fingerprint density at radius 2 is 0.765 bits per heavy atom. The van der Waals surface area contributed by atoms with Crippen LogP contribution in [0.3, 0.4) is 0 Å². The highest BCUT2D eigenvalue weighted by atomic mass is 16.5. The smallest absolute Gasteiger partial charge is 0.306 e. The molecule has 0 saturated carbocycles. The zero-order valence-electron chi connectivity index (χ0n) is 23.3. The van der Waals surface area contributed by atoms with Gasteiger partial charge in [-0.15, -0.1) is 0 Å². The lowest BCUT2D eigenvalue weighted by atomic mass is 9.92. The molecule has 0 heterocycles. The van der Waals surface area contributed by atoms with Gasteiger partial charge < -0.3 is 9.47 Å². The van der Waals surface area contributed by atoms with E-state index in [9.17, 15) is 9.59 Å². The number of hydrogen-bond acceptors (Lipinski definition) is 4. The molecular formula is C30H58O4. The maximum absolute atomic E-state index is 12.3. The minimum absolute atomic E-state index is 0.0583. The molecule has 0 spiro atoms. The van der Waals surface area contributed by atoms with Gasteiger partial charge in [-0.2, -0.15) is 0 Å². The molecule has 4 heteroatoms. The fourth-order valence-electron chi connectivity index (χ4n) is 4.59. The van der Waals surface area contributed by atoms with Gasteiger partial charge >= 0.3 is 11.9 Å². The SMILES string of the molecule is CCCCCC(CCCCC)CC(=O)OCCCCOC(=O)CC(CCCCC)CCCCC. The molecule has 0 aliphatic heterocycles. The molecule has 0 aliphatic carbocycles. The molecule has 4 nitrogen and oxygen atoms in total. The van der Waals surface area contributed by atoms with Crippen molar-refractivity contribution in [2.75, 3.05) is 13.2 Å². The number of unbranched alkanes of at least 4 members (excludes halogenated alkanes) is 9. The Morgan fingerprint density at radius 3 is 1.03 bits per heavy atom. The average molecular weight is 483 g/mol. The number of esters is 2. The number of carbonyl (C=O) groups is 2. The van der Waals surface area contributed by atoms with E-state index in [0.717, 1.165) is 38.5 Å². The lowest BCUT2D eigenvalue weighted by molar-refractivity contribution is -0.147. The molecule has 0 aromatic heterocycles. The molecule has 0 bridgehead atoms. The predicted molar refractivity (Wildman–Crippen MR) is 144 cm³/mol. The number of ether oxygens (including phenoxy) is 2. The molecule has 0 radical (unpaired) electrons. The first-order valence-electron chi connectivity index (χ1n) is 14.9. The van der Waals surface area contributed by atoms with Gasteiger partial charge in [0.1, 0.15) is 0 Å². The first-order chi connectivity index (χ1) is 16.6. The Morgan fingerprint density at radius 1 is 0.471 bits per heavy atom. The lowest BCUT2D eigenvalue weighted by Gasteiger charge is -2.16. The topological polar surface area (TPSA) is 52.6 Å². The van der Waals surface area contributed by atoms with Crippen molar-refractivity contribution in [1.82, 2.24) is 0 Å². The molecule has 202 valence electrons. The van der Waals surface area contributed by atoms with Gasteiger partial charge in [0, 0.05) is 12.8 Å². The van der Waals surface area contributed by atoms with Crippen LogP contribution < -0.4 is 0 Å². The van der Waals surface area contributed by atoms with Crippen molar-refractivity contribution in [3.05, 3.63) is 0 Å². The fraction of sp³-hybridized carbons (Fsp3) is 0.933. The quantitative estimate of drug-likeness (QED) is 0.0961. The maximum atomic E-state index is 12.3. The highest BCUT2D eigenvalue weighted by Gasteiger charge is 2.16. The second-order valence-electron chi connectivity index (χ2n) is 10.3. The highest BCUT2D eigenvalue weighted by Crippen LogP contribution is 2.22. The number of carbonyl (C=O) groups excluding carboxylic acids is 2. The molecule has 0 aromatic carbocycles. The van der Waals surface area contributed by atoms with Crippen LogP contribution in [0, 0.1) is 11.8 Å². The molecule has 0 aromatic rings. The summed E-state index contributed by atoms with van der Waals surface area (Å²) in [6.07, 6.45) is 21.9. The van der Waals surface area contributed by atoms with Crippen molar-refractivity contribution < 1.29 is 19.1 Å². The van der Waals surface area contributed by atoms with Gasteiger partial charge in [0.25, 0.3) is 0 Å². The predicted octanol–water partition coefficient (Wildman–Crippen LogP) is 9.19. The van der Waals surface area contributed by atoms with Gasteiger partial charge in [0.05, 0.1) is 13.2 Å².